The average molecular weight is 1100 g/mol. The summed E-state index contributed by atoms with van der Waals surface area (Å²) in [5.74, 6) is 14.4. The minimum Gasteiger partial charge on any atom is -0.494 e. The molecule has 0 atom stereocenters. The lowest BCUT2D eigenvalue weighted by molar-refractivity contribution is -0.172. The zero-order chi connectivity index (χ0) is 51.8. The van der Waals surface area contributed by atoms with Crippen molar-refractivity contribution in [2.45, 2.75) is 117 Å². The van der Waals surface area contributed by atoms with E-state index in [0.717, 1.165) is 81.4 Å². The summed E-state index contributed by atoms with van der Waals surface area (Å²) in [7, 11) is 1.65. The van der Waals surface area contributed by atoms with Gasteiger partial charge in [0.1, 0.15) is 63.6 Å². The molecule has 0 N–H and O–H groups in total. The Morgan fingerprint density at radius 1 is 0.533 bits per heavy atom. The second-order valence-electron chi connectivity index (χ2n) is 22.2. The SMILES string of the molecule is CC(C)(C)c1ccc([S+]2CCOCC2)cc1.CCCCOc1ccc([S+]2CCOCC2)cc1.O=C(COc1ccc([S+]2CCCC2)c2ccccc12)OC1C2CC3CC(C2)CC1C3.c1ccc([S+]2CCOCC2)cc1. The molecule has 0 amide bonds. The highest BCUT2D eigenvalue weighted by Crippen LogP contribution is 2.54. The minimum atomic E-state index is -0.196. The molecule has 7 nitrogen and oxygen atoms in total. The van der Waals surface area contributed by atoms with Crippen LogP contribution in [0.25, 0.3) is 10.8 Å². The predicted molar refractivity (Wildman–Crippen MR) is 318 cm³/mol. The maximum Gasteiger partial charge on any atom is 0.344 e. The fourth-order valence-electron chi connectivity index (χ4n) is 12.0. The highest BCUT2D eigenvalue weighted by atomic mass is 32.2. The molecule has 0 unspecified atom stereocenters. The Kier molecular flexibility index (Phi) is 21.5. The number of hydrogen-bond donors (Lipinski definition) is 0. The maximum absolute atomic E-state index is 12.7. The first-order valence-electron chi connectivity index (χ1n) is 28.3. The van der Waals surface area contributed by atoms with Crippen molar-refractivity contribution in [3.63, 3.8) is 0 Å². The van der Waals surface area contributed by atoms with Crippen LogP contribution in [0.4, 0.5) is 0 Å². The van der Waals surface area contributed by atoms with E-state index in [0.29, 0.717) is 55.4 Å². The van der Waals surface area contributed by atoms with Gasteiger partial charge in [-0.05, 0) is 153 Å². The number of fused-ring (bicyclic) bond motifs is 1. The first-order chi connectivity index (χ1) is 36.7. The molecule has 4 aliphatic heterocycles. The van der Waals surface area contributed by atoms with Crippen LogP contribution in [-0.4, -0.2) is 111 Å². The predicted octanol–water partition coefficient (Wildman–Crippen LogP) is 12.9. The monoisotopic (exact) mass is 1090 g/mol. The van der Waals surface area contributed by atoms with E-state index in [4.69, 9.17) is 28.4 Å². The molecule has 4 heterocycles. The highest BCUT2D eigenvalue weighted by Gasteiger charge is 2.50. The summed E-state index contributed by atoms with van der Waals surface area (Å²) >= 11 is 0. The van der Waals surface area contributed by atoms with Crippen molar-refractivity contribution >= 4 is 60.3 Å². The van der Waals surface area contributed by atoms with E-state index in [1.165, 1.54) is 128 Å². The Hall–Kier alpha value is -3.29. The topological polar surface area (TPSA) is 72.5 Å². The highest BCUT2D eigenvalue weighted by molar-refractivity contribution is 7.98. The Morgan fingerprint density at radius 3 is 1.55 bits per heavy atom. The van der Waals surface area contributed by atoms with Gasteiger partial charge in [0.15, 0.2) is 26.2 Å². The Balaban J connectivity index is 0.000000131. The van der Waals surface area contributed by atoms with Gasteiger partial charge in [0.25, 0.3) is 0 Å². The van der Waals surface area contributed by atoms with E-state index in [1.54, 1.807) is 0 Å². The van der Waals surface area contributed by atoms with Gasteiger partial charge in [-0.2, -0.15) is 0 Å². The van der Waals surface area contributed by atoms with Crippen molar-refractivity contribution in [3.8, 4) is 11.5 Å². The van der Waals surface area contributed by atoms with E-state index in [-0.39, 0.29) is 24.1 Å². The maximum atomic E-state index is 12.7. The molecule has 11 heteroatoms. The lowest BCUT2D eigenvalue weighted by Crippen LogP contribution is -2.50. The van der Waals surface area contributed by atoms with E-state index < -0.39 is 0 Å². The molecule has 4 saturated heterocycles. The number of carbonyl (C=O) groups is 1. The van der Waals surface area contributed by atoms with Crippen molar-refractivity contribution < 1.29 is 33.2 Å². The number of rotatable bonds is 12. The van der Waals surface area contributed by atoms with Crippen molar-refractivity contribution in [2.24, 2.45) is 23.7 Å². The Labute approximate surface area is 462 Å². The first-order valence-corrected chi connectivity index (χ1v) is 34.6. The van der Waals surface area contributed by atoms with E-state index in [2.05, 4.69) is 143 Å². The molecule has 0 spiro atoms. The van der Waals surface area contributed by atoms with Gasteiger partial charge in [0.2, 0.25) is 0 Å². The molecule has 0 radical (unpaired) electrons. The van der Waals surface area contributed by atoms with Crippen LogP contribution >= 0.6 is 0 Å². The van der Waals surface area contributed by atoms with Gasteiger partial charge in [-0.3, -0.25) is 0 Å². The largest absolute Gasteiger partial charge is 0.494 e. The summed E-state index contributed by atoms with van der Waals surface area (Å²) in [6.07, 6.45) is 11.6. The number of carbonyl (C=O) groups excluding carboxylic acids is 1. The molecule has 5 aromatic carbocycles. The number of esters is 1. The van der Waals surface area contributed by atoms with Crippen LogP contribution < -0.4 is 9.47 Å². The van der Waals surface area contributed by atoms with Gasteiger partial charge in [-0.1, -0.05) is 82.6 Å². The molecule has 0 aromatic heterocycles. The molecular weight excluding hydrogens is 1010 g/mol. The van der Waals surface area contributed by atoms with Crippen molar-refractivity contribution in [1.82, 2.24) is 0 Å². The fourth-order valence-corrected chi connectivity index (χ4v) is 20.0. The van der Waals surface area contributed by atoms with Gasteiger partial charge in [0, 0.05) is 54.4 Å². The Bertz CT molecular complexity index is 2450. The molecule has 404 valence electrons. The number of benzene rings is 5. The summed E-state index contributed by atoms with van der Waals surface area (Å²) in [4.78, 5) is 18.6. The molecule has 4 saturated carbocycles. The third-order valence-corrected chi connectivity index (χ3v) is 25.2. The zero-order valence-corrected chi connectivity index (χ0v) is 48.8. The number of hydrogen-bond acceptors (Lipinski definition) is 7. The second kappa shape index (κ2) is 28.5. The van der Waals surface area contributed by atoms with Crippen molar-refractivity contribution in [3.05, 3.63) is 121 Å². The molecule has 4 aliphatic carbocycles. The molecule has 13 rings (SSSR count). The molecule has 8 aliphatic rings. The third kappa shape index (κ3) is 16.2. The van der Waals surface area contributed by atoms with Crippen LogP contribution in [0, 0.1) is 23.7 Å². The Morgan fingerprint density at radius 2 is 1.03 bits per heavy atom. The van der Waals surface area contributed by atoms with Gasteiger partial charge in [-0.15, -0.1) is 0 Å². The fraction of sp³-hybridized carbons (Fsp3) is 0.547. The number of ether oxygens (including phenoxy) is 6. The van der Waals surface area contributed by atoms with Crippen molar-refractivity contribution in [1.29, 1.82) is 0 Å². The zero-order valence-electron chi connectivity index (χ0n) is 45.5. The quantitative estimate of drug-likeness (QED) is 0.0700. The standard InChI is InChI=1S/C26H31O3S.C14H21O2S.C14H21OS.C10H13OS/c27-25(29-26-19-12-17-11-18(14-19)15-20(26)13-17)16-28-23-7-8-24(30-9-3-4-10-30)22-6-2-1-5-21(22)23;1-2-3-8-16-13-4-6-14(7-5-13)17-11-9-15-10-12-17;1-14(2,3)12-4-6-13(7-5-12)16-10-8-15-9-11-16;1-2-4-10(5-3-1)12-8-6-11-7-9-12/h1-2,5-8,17-20,26H,3-4,9-16H2;4-7H,2-3,8-12H2,1H3;4-7H,8-11H2,1-3H3;1-5H,6-9H2/q4*+1. The average Bonchev–Trinajstić information content (AvgIpc) is 4.00. The first kappa shape index (κ1) is 56.4. The van der Waals surface area contributed by atoms with Gasteiger partial charge >= 0.3 is 5.97 Å². The van der Waals surface area contributed by atoms with Crippen LogP contribution in [-0.2, 0) is 72.7 Å². The van der Waals surface area contributed by atoms with Crippen molar-refractivity contribution in [2.75, 3.05) is 98.9 Å². The molecule has 75 heavy (non-hydrogen) atoms. The van der Waals surface area contributed by atoms with Gasteiger partial charge < -0.3 is 28.4 Å². The molecule has 8 fully saturated rings. The summed E-state index contributed by atoms with van der Waals surface area (Å²) in [5, 5.41) is 2.41. The van der Waals surface area contributed by atoms with E-state index >= 15 is 0 Å². The lowest BCUT2D eigenvalue weighted by atomic mass is 9.55. The smallest absolute Gasteiger partial charge is 0.344 e. The summed E-state index contributed by atoms with van der Waals surface area (Å²) < 4.78 is 33.8. The van der Waals surface area contributed by atoms with Crippen LogP contribution in [0.15, 0.2) is 135 Å². The van der Waals surface area contributed by atoms with E-state index in [9.17, 15) is 4.79 Å². The number of unbranched alkanes of at least 4 members (excludes halogenated alkanes) is 1. The molecule has 5 aromatic rings. The second-order valence-corrected chi connectivity index (χ2v) is 31.3. The molecule has 4 bridgehead atoms. The van der Waals surface area contributed by atoms with E-state index in [1.807, 2.05) is 0 Å². The van der Waals surface area contributed by atoms with Gasteiger partial charge in [0.05, 0.1) is 46.2 Å². The summed E-state index contributed by atoms with van der Waals surface area (Å²) in [6, 6.07) is 41.4. The molecular formula is C64H86O7S4+4. The van der Waals surface area contributed by atoms with Crippen LogP contribution in [0.1, 0.15) is 91.0 Å². The minimum absolute atomic E-state index is 0.0118. The van der Waals surface area contributed by atoms with Crippen LogP contribution in [0.5, 0.6) is 11.5 Å². The van der Waals surface area contributed by atoms with Crippen LogP contribution in [0.3, 0.4) is 0 Å². The lowest BCUT2D eigenvalue weighted by Gasteiger charge is -2.53. The third-order valence-electron chi connectivity index (χ3n) is 15.8. The van der Waals surface area contributed by atoms with Crippen LogP contribution in [0.2, 0.25) is 0 Å². The summed E-state index contributed by atoms with van der Waals surface area (Å²) in [5.41, 5.74) is 1.69. The normalized spacial score (nSPS) is 24.0. The summed E-state index contributed by atoms with van der Waals surface area (Å²) in [6.45, 7) is 15.4. The van der Waals surface area contributed by atoms with Gasteiger partial charge in [-0.25, -0.2) is 4.79 Å².